The van der Waals surface area contributed by atoms with E-state index in [2.05, 4.69) is 52.3 Å². The summed E-state index contributed by atoms with van der Waals surface area (Å²) in [6, 6.07) is 11.9. The molecule has 7 heteroatoms. The molecule has 0 aliphatic carbocycles. The van der Waals surface area contributed by atoms with E-state index in [1.54, 1.807) is 11.3 Å². The zero-order valence-corrected chi connectivity index (χ0v) is 18.0. The summed E-state index contributed by atoms with van der Waals surface area (Å²) in [5.74, 6) is 0.901. The van der Waals surface area contributed by atoms with Crippen LogP contribution in [-0.2, 0) is 13.0 Å². The average Bonchev–Trinajstić information content (AvgIpc) is 3.17. The van der Waals surface area contributed by atoms with Gasteiger partial charge in [0.05, 0.1) is 6.54 Å². The highest BCUT2D eigenvalue weighted by molar-refractivity contribution is 7.09. The molecule has 2 rings (SSSR count). The fraction of sp³-hybridized carbons (Fsp3) is 0.429. The molecule has 28 heavy (non-hydrogen) atoms. The third-order valence-electron chi connectivity index (χ3n) is 4.01. The van der Waals surface area contributed by atoms with E-state index in [0.717, 1.165) is 36.7 Å². The topological polar surface area (TPSA) is 68.8 Å². The molecule has 0 bridgehead atoms. The molecule has 0 saturated heterocycles. The van der Waals surface area contributed by atoms with Gasteiger partial charge < -0.3 is 20.9 Å². The van der Waals surface area contributed by atoms with Crippen molar-refractivity contribution < 1.29 is 4.79 Å². The summed E-state index contributed by atoms with van der Waals surface area (Å²) in [5.41, 5.74) is 1.86. The van der Waals surface area contributed by atoms with Crippen LogP contribution in [0.3, 0.4) is 0 Å². The normalized spacial score (nSPS) is 11.4. The SMILES string of the molecule is CCNC(=NCc1ccc(NC(=O)NC(C)C)cc1)N(C)CCc1cccs1. The minimum absolute atomic E-state index is 0.106. The predicted molar refractivity (Wildman–Crippen MR) is 119 cm³/mol. The van der Waals surface area contributed by atoms with Gasteiger partial charge in [-0.25, -0.2) is 9.79 Å². The summed E-state index contributed by atoms with van der Waals surface area (Å²) in [6.45, 7) is 8.27. The van der Waals surface area contributed by atoms with Crippen LogP contribution in [0.4, 0.5) is 10.5 Å². The number of benzene rings is 1. The van der Waals surface area contributed by atoms with E-state index in [1.807, 2.05) is 38.1 Å². The smallest absolute Gasteiger partial charge is 0.319 e. The fourth-order valence-corrected chi connectivity index (χ4v) is 3.30. The van der Waals surface area contributed by atoms with Gasteiger partial charge in [-0.2, -0.15) is 0 Å². The van der Waals surface area contributed by atoms with Gasteiger partial charge in [-0.3, -0.25) is 0 Å². The highest BCUT2D eigenvalue weighted by atomic mass is 32.1. The lowest BCUT2D eigenvalue weighted by Crippen LogP contribution is -2.39. The third-order valence-corrected chi connectivity index (χ3v) is 4.95. The third kappa shape index (κ3) is 7.60. The van der Waals surface area contributed by atoms with Gasteiger partial charge in [0.25, 0.3) is 0 Å². The van der Waals surface area contributed by atoms with Crippen LogP contribution in [0.2, 0.25) is 0 Å². The van der Waals surface area contributed by atoms with E-state index in [9.17, 15) is 4.79 Å². The van der Waals surface area contributed by atoms with Crippen LogP contribution in [0.5, 0.6) is 0 Å². The minimum Gasteiger partial charge on any atom is -0.357 e. The largest absolute Gasteiger partial charge is 0.357 e. The number of hydrogen-bond donors (Lipinski definition) is 3. The van der Waals surface area contributed by atoms with Crippen molar-refractivity contribution in [3.8, 4) is 0 Å². The highest BCUT2D eigenvalue weighted by Crippen LogP contribution is 2.11. The number of amides is 2. The summed E-state index contributed by atoms with van der Waals surface area (Å²) in [5, 5.41) is 11.1. The number of anilines is 1. The van der Waals surface area contributed by atoms with Gasteiger partial charge in [0, 0.05) is 36.7 Å². The molecule has 6 nitrogen and oxygen atoms in total. The lowest BCUT2D eigenvalue weighted by molar-refractivity contribution is 0.250. The number of urea groups is 1. The first-order valence-electron chi connectivity index (χ1n) is 9.66. The maximum Gasteiger partial charge on any atom is 0.319 e. The Bertz CT molecular complexity index is 741. The average molecular weight is 402 g/mol. The Balaban J connectivity index is 1.91. The highest BCUT2D eigenvalue weighted by Gasteiger charge is 2.07. The van der Waals surface area contributed by atoms with Gasteiger partial charge in [-0.05, 0) is 56.3 Å². The van der Waals surface area contributed by atoms with Crippen LogP contribution in [0, 0.1) is 0 Å². The van der Waals surface area contributed by atoms with Crippen molar-refractivity contribution in [1.29, 1.82) is 0 Å². The fourth-order valence-electron chi connectivity index (χ4n) is 2.60. The number of carbonyl (C=O) groups excluding carboxylic acids is 1. The summed E-state index contributed by atoms with van der Waals surface area (Å²) < 4.78 is 0. The molecular weight excluding hydrogens is 370 g/mol. The zero-order chi connectivity index (χ0) is 20.4. The Kier molecular flexibility index (Phi) is 8.81. The second-order valence-electron chi connectivity index (χ2n) is 6.87. The molecule has 0 atom stereocenters. The number of aliphatic imine (C=N–C) groups is 1. The Hall–Kier alpha value is -2.54. The predicted octanol–water partition coefficient (Wildman–Crippen LogP) is 3.92. The van der Waals surface area contributed by atoms with E-state index >= 15 is 0 Å². The van der Waals surface area contributed by atoms with Crippen LogP contribution >= 0.6 is 11.3 Å². The monoisotopic (exact) mass is 401 g/mol. The quantitative estimate of drug-likeness (QED) is 0.464. The van der Waals surface area contributed by atoms with Crippen molar-refractivity contribution in [2.45, 2.75) is 39.8 Å². The van der Waals surface area contributed by atoms with Gasteiger partial charge >= 0.3 is 6.03 Å². The number of likely N-dealkylation sites (N-methyl/N-ethyl adjacent to an activating group) is 1. The number of nitrogens with one attached hydrogen (secondary N) is 3. The van der Waals surface area contributed by atoms with Gasteiger partial charge in [0.15, 0.2) is 5.96 Å². The van der Waals surface area contributed by atoms with E-state index in [-0.39, 0.29) is 12.1 Å². The second-order valence-corrected chi connectivity index (χ2v) is 7.90. The molecule has 0 radical (unpaired) electrons. The maximum atomic E-state index is 11.8. The number of hydrogen-bond acceptors (Lipinski definition) is 3. The number of rotatable bonds is 8. The Morgan fingerprint density at radius 2 is 1.96 bits per heavy atom. The van der Waals surface area contributed by atoms with E-state index in [1.165, 1.54) is 4.88 Å². The lowest BCUT2D eigenvalue weighted by Gasteiger charge is -2.21. The van der Waals surface area contributed by atoms with Crippen LogP contribution in [0.1, 0.15) is 31.2 Å². The van der Waals surface area contributed by atoms with Crippen LogP contribution < -0.4 is 16.0 Å². The van der Waals surface area contributed by atoms with Gasteiger partial charge in [0.1, 0.15) is 0 Å². The molecule has 2 amide bonds. The number of nitrogens with zero attached hydrogens (tertiary/aromatic N) is 2. The van der Waals surface area contributed by atoms with Gasteiger partial charge in [0.2, 0.25) is 0 Å². The Labute approximate surface area is 172 Å². The number of guanidine groups is 1. The Morgan fingerprint density at radius 1 is 1.21 bits per heavy atom. The standard InChI is InChI=1S/C21H31N5OS/c1-5-22-20(26(4)13-12-19-7-6-14-28-19)23-15-17-8-10-18(11-9-17)25-21(27)24-16(2)3/h6-11,14,16H,5,12-13,15H2,1-4H3,(H,22,23)(H2,24,25,27). The molecule has 0 saturated carbocycles. The molecule has 3 N–H and O–H groups in total. The van der Waals surface area contributed by atoms with Crippen LogP contribution in [-0.4, -0.2) is 43.1 Å². The molecule has 1 aromatic heterocycles. The summed E-state index contributed by atoms with van der Waals surface area (Å²) in [7, 11) is 2.06. The van der Waals surface area contributed by atoms with E-state index in [0.29, 0.717) is 6.54 Å². The summed E-state index contributed by atoms with van der Waals surface area (Å²) in [4.78, 5) is 20.1. The molecule has 152 valence electrons. The molecule has 0 spiro atoms. The number of thiophene rings is 1. The van der Waals surface area contributed by atoms with Crippen LogP contribution in [0.15, 0.2) is 46.8 Å². The number of carbonyl (C=O) groups is 1. The molecule has 0 aliphatic heterocycles. The zero-order valence-electron chi connectivity index (χ0n) is 17.2. The first kappa shape index (κ1) is 21.8. The first-order valence-corrected chi connectivity index (χ1v) is 10.5. The molecule has 1 aromatic carbocycles. The van der Waals surface area contributed by atoms with Crippen molar-refractivity contribution in [2.24, 2.45) is 4.99 Å². The van der Waals surface area contributed by atoms with E-state index in [4.69, 9.17) is 4.99 Å². The molecule has 0 aliphatic rings. The molecule has 0 fully saturated rings. The van der Waals surface area contributed by atoms with Gasteiger partial charge in [-0.15, -0.1) is 11.3 Å². The first-order chi connectivity index (χ1) is 13.5. The lowest BCUT2D eigenvalue weighted by atomic mass is 10.2. The second kappa shape index (κ2) is 11.3. The molecule has 1 heterocycles. The summed E-state index contributed by atoms with van der Waals surface area (Å²) >= 11 is 1.79. The molecule has 2 aromatic rings. The van der Waals surface area contributed by atoms with Crippen molar-refractivity contribution in [1.82, 2.24) is 15.5 Å². The van der Waals surface area contributed by atoms with Crippen molar-refractivity contribution in [2.75, 3.05) is 25.5 Å². The van der Waals surface area contributed by atoms with Crippen molar-refractivity contribution in [3.05, 3.63) is 52.2 Å². The molecular formula is C21H31N5OS. The van der Waals surface area contributed by atoms with Crippen molar-refractivity contribution in [3.63, 3.8) is 0 Å². The van der Waals surface area contributed by atoms with E-state index < -0.39 is 0 Å². The molecule has 0 unspecified atom stereocenters. The van der Waals surface area contributed by atoms with Crippen LogP contribution in [0.25, 0.3) is 0 Å². The minimum atomic E-state index is -0.192. The van der Waals surface area contributed by atoms with Gasteiger partial charge in [-0.1, -0.05) is 18.2 Å². The maximum absolute atomic E-state index is 11.8. The summed E-state index contributed by atoms with van der Waals surface area (Å²) in [6.07, 6.45) is 1.01. The Morgan fingerprint density at radius 3 is 2.57 bits per heavy atom. The van der Waals surface area contributed by atoms with Crippen molar-refractivity contribution >= 4 is 29.0 Å².